The number of halogens is 1. The molecule has 2 aromatic rings. The Labute approximate surface area is 113 Å². The van der Waals surface area contributed by atoms with Crippen molar-refractivity contribution in [3.63, 3.8) is 0 Å². The van der Waals surface area contributed by atoms with Crippen LogP contribution < -0.4 is 5.32 Å². The summed E-state index contributed by atoms with van der Waals surface area (Å²) in [5.41, 5.74) is 2.41. The molecule has 1 amide bonds. The van der Waals surface area contributed by atoms with Crippen LogP contribution in [0.3, 0.4) is 0 Å². The minimum absolute atomic E-state index is 0.109. The van der Waals surface area contributed by atoms with Crippen molar-refractivity contribution in [3.8, 4) is 0 Å². The summed E-state index contributed by atoms with van der Waals surface area (Å²) in [4.78, 5) is 16.0. The Morgan fingerprint density at radius 3 is 2.76 bits per heavy atom. The Hall–Kier alpha value is -1.43. The van der Waals surface area contributed by atoms with Gasteiger partial charge in [0.15, 0.2) is 0 Å². The summed E-state index contributed by atoms with van der Waals surface area (Å²) in [6.45, 7) is 1.94. The van der Waals surface area contributed by atoms with E-state index in [0.29, 0.717) is 5.56 Å². The highest BCUT2D eigenvalue weighted by Crippen LogP contribution is 2.14. The number of carbonyl (C=O) groups is 1. The van der Waals surface area contributed by atoms with Gasteiger partial charge in [-0.15, -0.1) is 0 Å². The minimum Gasteiger partial charge on any atom is -0.321 e. The van der Waals surface area contributed by atoms with Crippen LogP contribution in [0.2, 0.25) is 0 Å². The van der Waals surface area contributed by atoms with E-state index < -0.39 is 0 Å². The maximum absolute atomic E-state index is 12.0. The fraction of sp³-hybridized carbons (Fsp3) is 0.0769. The summed E-state index contributed by atoms with van der Waals surface area (Å²) in [5.74, 6) is -0.109. The lowest BCUT2D eigenvalue weighted by Gasteiger charge is -2.06. The highest BCUT2D eigenvalue weighted by atomic mass is 127. The number of aromatic nitrogens is 1. The number of rotatable bonds is 2. The molecule has 17 heavy (non-hydrogen) atoms. The zero-order valence-electron chi connectivity index (χ0n) is 9.27. The molecule has 0 saturated heterocycles. The molecule has 0 aliphatic heterocycles. The maximum atomic E-state index is 12.0. The highest BCUT2D eigenvalue weighted by Gasteiger charge is 2.09. The van der Waals surface area contributed by atoms with Crippen molar-refractivity contribution in [2.75, 3.05) is 5.32 Å². The number of nitrogens with zero attached hydrogens (tertiary/aromatic N) is 1. The third kappa shape index (κ3) is 3.03. The second-order valence-electron chi connectivity index (χ2n) is 3.68. The summed E-state index contributed by atoms with van der Waals surface area (Å²) in [6.07, 6.45) is 3.39. The quantitative estimate of drug-likeness (QED) is 0.854. The molecule has 0 unspecified atom stereocenters. The first-order chi connectivity index (χ1) is 8.16. The highest BCUT2D eigenvalue weighted by molar-refractivity contribution is 14.1. The van der Waals surface area contributed by atoms with E-state index in [-0.39, 0.29) is 5.91 Å². The van der Waals surface area contributed by atoms with Gasteiger partial charge >= 0.3 is 0 Å². The molecule has 0 aliphatic carbocycles. The molecule has 2 rings (SSSR count). The van der Waals surface area contributed by atoms with Crippen LogP contribution in [-0.2, 0) is 0 Å². The number of aryl methyl sites for hydroxylation is 1. The molecule has 0 spiro atoms. The number of amides is 1. The van der Waals surface area contributed by atoms with Gasteiger partial charge in [-0.05, 0) is 53.3 Å². The molecule has 1 aromatic carbocycles. The smallest absolute Gasteiger partial charge is 0.256 e. The molecule has 4 heteroatoms. The second-order valence-corrected chi connectivity index (χ2v) is 4.85. The van der Waals surface area contributed by atoms with Crippen molar-refractivity contribution in [2.24, 2.45) is 0 Å². The monoisotopic (exact) mass is 338 g/mol. The van der Waals surface area contributed by atoms with Gasteiger partial charge < -0.3 is 5.32 Å². The largest absolute Gasteiger partial charge is 0.321 e. The van der Waals surface area contributed by atoms with Gasteiger partial charge in [0, 0.05) is 9.77 Å². The Morgan fingerprint density at radius 1 is 1.29 bits per heavy atom. The van der Waals surface area contributed by atoms with Gasteiger partial charge in [-0.3, -0.25) is 9.78 Å². The normalized spacial score (nSPS) is 10.0. The summed E-state index contributed by atoms with van der Waals surface area (Å²) < 4.78 is 0.934. The summed E-state index contributed by atoms with van der Waals surface area (Å²) in [5, 5.41) is 2.83. The number of benzene rings is 1. The van der Waals surface area contributed by atoms with Gasteiger partial charge in [-0.2, -0.15) is 0 Å². The van der Waals surface area contributed by atoms with Crippen LogP contribution in [0.5, 0.6) is 0 Å². The van der Waals surface area contributed by atoms with Gasteiger partial charge in [0.2, 0.25) is 0 Å². The van der Waals surface area contributed by atoms with Crippen molar-refractivity contribution in [3.05, 3.63) is 57.4 Å². The third-order valence-electron chi connectivity index (χ3n) is 2.25. The number of hydrogen-bond donors (Lipinski definition) is 1. The zero-order valence-corrected chi connectivity index (χ0v) is 11.4. The Balaban J connectivity index is 2.20. The van der Waals surface area contributed by atoms with Crippen molar-refractivity contribution in [1.82, 2.24) is 4.98 Å². The van der Waals surface area contributed by atoms with Crippen LogP contribution in [0, 0.1) is 10.5 Å². The summed E-state index contributed by atoms with van der Waals surface area (Å²) >= 11 is 2.15. The van der Waals surface area contributed by atoms with Crippen LogP contribution in [-0.4, -0.2) is 10.9 Å². The molecule has 0 saturated carbocycles. The summed E-state index contributed by atoms with van der Waals surface area (Å²) in [6, 6.07) is 9.36. The SMILES string of the molecule is Cc1cncc(NC(=O)c2ccccc2I)c1. The van der Waals surface area contributed by atoms with Gasteiger partial charge in [0.1, 0.15) is 0 Å². The topological polar surface area (TPSA) is 42.0 Å². The van der Waals surface area contributed by atoms with Crippen LogP contribution >= 0.6 is 22.6 Å². The molecule has 0 atom stereocenters. The standard InChI is InChI=1S/C13H11IN2O/c1-9-6-10(8-15-7-9)16-13(17)11-4-2-3-5-12(11)14/h2-8H,1H3,(H,16,17). The van der Waals surface area contributed by atoms with E-state index in [1.807, 2.05) is 31.2 Å². The number of anilines is 1. The molecule has 1 heterocycles. The lowest BCUT2D eigenvalue weighted by molar-refractivity contribution is 0.102. The first-order valence-corrected chi connectivity index (χ1v) is 6.22. The molecule has 0 bridgehead atoms. The molecule has 3 nitrogen and oxygen atoms in total. The van der Waals surface area contributed by atoms with Crippen molar-refractivity contribution >= 4 is 34.2 Å². The fourth-order valence-corrected chi connectivity index (χ4v) is 2.10. The third-order valence-corrected chi connectivity index (χ3v) is 3.19. The Bertz CT molecular complexity index is 555. The van der Waals surface area contributed by atoms with E-state index in [4.69, 9.17) is 0 Å². The first kappa shape index (κ1) is 12.0. The van der Waals surface area contributed by atoms with Crippen LogP contribution in [0.15, 0.2) is 42.7 Å². The van der Waals surface area contributed by atoms with Crippen molar-refractivity contribution in [1.29, 1.82) is 0 Å². The van der Waals surface area contributed by atoms with Crippen LogP contribution in [0.25, 0.3) is 0 Å². The molecule has 0 radical (unpaired) electrons. The van der Waals surface area contributed by atoms with Crippen LogP contribution in [0.1, 0.15) is 15.9 Å². The van der Waals surface area contributed by atoms with E-state index in [0.717, 1.165) is 14.8 Å². The van der Waals surface area contributed by atoms with E-state index >= 15 is 0 Å². The Morgan fingerprint density at radius 2 is 2.06 bits per heavy atom. The van der Waals surface area contributed by atoms with E-state index in [1.54, 1.807) is 18.5 Å². The van der Waals surface area contributed by atoms with Crippen LogP contribution in [0.4, 0.5) is 5.69 Å². The average molecular weight is 338 g/mol. The molecule has 0 fully saturated rings. The lowest BCUT2D eigenvalue weighted by atomic mass is 10.2. The van der Waals surface area contributed by atoms with E-state index in [2.05, 4.69) is 32.9 Å². The summed E-state index contributed by atoms with van der Waals surface area (Å²) in [7, 11) is 0. The molecule has 0 aliphatic rings. The van der Waals surface area contributed by atoms with Crippen molar-refractivity contribution < 1.29 is 4.79 Å². The first-order valence-electron chi connectivity index (χ1n) is 5.14. The van der Waals surface area contributed by atoms with E-state index in [9.17, 15) is 4.79 Å². The number of nitrogens with one attached hydrogen (secondary N) is 1. The van der Waals surface area contributed by atoms with Gasteiger partial charge in [-0.25, -0.2) is 0 Å². The van der Waals surface area contributed by atoms with Gasteiger partial charge in [0.05, 0.1) is 17.4 Å². The zero-order chi connectivity index (χ0) is 12.3. The molecule has 86 valence electrons. The number of carbonyl (C=O) groups excluding carboxylic acids is 1. The molecule has 1 aromatic heterocycles. The van der Waals surface area contributed by atoms with Gasteiger partial charge in [-0.1, -0.05) is 12.1 Å². The van der Waals surface area contributed by atoms with E-state index in [1.165, 1.54) is 0 Å². The molecule has 1 N–H and O–H groups in total. The van der Waals surface area contributed by atoms with Gasteiger partial charge in [0.25, 0.3) is 5.91 Å². The fourth-order valence-electron chi connectivity index (χ4n) is 1.47. The number of hydrogen-bond acceptors (Lipinski definition) is 2. The second kappa shape index (κ2) is 5.27. The average Bonchev–Trinajstić information content (AvgIpc) is 2.29. The Kier molecular flexibility index (Phi) is 3.73. The predicted molar refractivity (Wildman–Crippen MR) is 76.1 cm³/mol. The molecular formula is C13H11IN2O. The predicted octanol–water partition coefficient (Wildman–Crippen LogP) is 3.25. The van der Waals surface area contributed by atoms with Crippen molar-refractivity contribution in [2.45, 2.75) is 6.92 Å². The number of pyridine rings is 1. The maximum Gasteiger partial charge on any atom is 0.256 e. The molecular weight excluding hydrogens is 327 g/mol. The lowest BCUT2D eigenvalue weighted by Crippen LogP contribution is -2.13. The minimum atomic E-state index is -0.109.